The number of guanidine groups is 1. The molecule has 3 aliphatic heterocycles. The van der Waals surface area contributed by atoms with Crippen LogP contribution in [0.5, 0.6) is 0 Å². The fourth-order valence-corrected chi connectivity index (χ4v) is 6.83. The molecule has 25 heavy (non-hydrogen) atoms. The van der Waals surface area contributed by atoms with Crippen molar-refractivity contribution in [2.75, 3.05) is 62.9 Å². The van der Waals surface area contributed by atoms with Gasteiger partial charge >= 0.3 is 0 Å². The summed E-state index contributed by atoms with van der Waals surface area (Å²) in [5, 5.41) is 6.73. The number of hydrogen-bond donors (Lipinski definition) is 2. The third kappa shape index (κ3) is 5.60. The lowest BCUT2D eigenvalue weighted by atomic mass is 9.95. The van der Waals surface area contributed by atoms with Crippen LogP contribution in [0.3, 0.4) is 0 Å². The highest BCUT2D eigenvalue weighted by atomic mass is 127. The quantitative estimate of drug-likeness (QED) is 0.321. The third-order valence-electron chi connectivity index (χ3n) is 5.15. The second kappa shape index (κ2) is 9.43. The van der Waals surface area contributed by atoms with Crippen molar-refractivity contribution < 1.29 is 13.2 Å². The number of nitrogens with zero attached hydrogens (tertiary/aromatic N) is 2. The molecule has 146 valence electrons. The van der Waals surface area contributed by atoms with Gasteiger partial charge in [-0.3, -0.25) is 9.89 Å². The van der Waals surface area contributed by atoms with Crippen LogP contribution < -0.4 is 10.6 Å². The molecule has 3 saturated heterocycles. The minimum Gasteiger partial charge on any atom is -0.379 e. The normalized spacial score (nSPS) is 33.0. The van der Waals surface area contributed by atoms with Crippen molar-refractivity contribution in [3.63, 3.8) is 0 Å². The van der Waals surface area contributed by atoms with E-state index < -0.39 is 9.84 Å². The second-order valence-corrected chi connectivity index (χ2v) is 10.1. The summed E-state index contributed by atoms with van der Waals surface area (Å²) >= 11 is 2.00. The molecule has 7 nitrogen and oxygen atoms in total. The van der Waals surface area contributed by atoms with Gasteiger partial charge in [-0.25, -0.2) is 8.42 Å². The van der Waals surface area contributed by atoms with Gasteiger partial charge in [-0.15, -0.1) is 24.0 Å². The Kier molecular flexibility index (Phi) is 8.11. The Balaban J connectivity index is 0.00000225. The molecule has 0 amide bonds. The highest BCUT2D eigenvalue weighted by Gasteiger charge is 2.40. The van der Waals surface area contributed by atoms with Gasteiger partial charge in [0, 0.05) is 44.0 Å². The molecule has 0 aliphatic carbocycles. The molecule has 3 heterocycles. The Morgan fingerprint density at radius 2 is 2.16 bits per heavy atom. The Bertz CT molecular complexity index is 561. The number of aliphatic imine (C=N–C) groups is 1. The number of thioether (sulfide) groups is 1. The Morgan fingerprint density at radius 3 is 2.72 bits per heavy atom. The monoisotopic (exact) mass is 504 g/mol. The van der Waals surface area contributed by atoms with Crippen LogP contribution >= 0.6 is 35.7 Å². The molecule has 0 aromatic carbocycles. The summed E-state index contributed by atoms with van der Waals surface area (Å²) in [6.45, 7) is 4.40. The first kappa shape index (κ1) is 21.5. The van der Waals surface area contributed by atoms with E-state index >= 15 is 0 Å². The maximum absolute atomic E-state index is 11.6. The second-order valence-electron chi connectivity index (χ2n) is 6.80. The van der Waals surface area contributed by atoms with E-state index in [2.05, 4.69) is 20.5 Å². The molecule has 3 aliphatic rings. The minimum atomic E-state index is -2.88. The number of sulfone groups is 1. The van der Waals surface area contributed by atoms with Gasteiger partial charge in [-0.1, -0.05) is 0 Å². The standard InChI is InChI=1S/C15H28N4O3S2.HI/c1-16-14(18-13-2-9-24(20,21)10-13)17-11-15(3-8-23-12-15)19-4-6-22-7-5-19;/h13H,2-12H2,1H3,(H2,16,17,18);1H. The van der Waals surface area contributed by atoms with E-state index in [1.54, 1.807) is 7.05 Å². The van der Waals surface area contributed by atoms with Gasteiger partial charge in [0.25, 0.3) is 0 Å². The van der Waals surface area contributed by atoms with Gasteiger partial charge in [0.15, 0.2) is 15.8 Å². The van der Waals surface area contributed by atoms with Crippen molar-refractivity contribution in [2.24, 2.45) is 4.99 Å². The largest absolute Gasteiger partial charge is 0.379 e. The minimum absolute atomic E-state index is 0. The first-order chi connectivity index (χ1) is 11.5. The molecule has 2 atom stereocenters. The van der Waals surface area contributed by atoms with E-state index in [1.165, 1.54) is 12.2 Å². The zero-order chi connectivity index (χ0) is 17.0. The van der Waals surface area contributed by atoms with Crippen LogP contribution in [0.1, 0.15) is 12.8 Å². The van der Waals surface area contributed by atoms with Gasteiger partial charge in [0.05, 0.1) is 24.7 Å². The van der Waals surface area contributed by atoms with Crippen LogP contribution in [0.2, 0.25) is 0 Å². The first-order valence-electron chi connectivity index (χ1n) is 8.61. The number of nitrogens with one attached hydrogen (secondary N) is 2. The molecule has 3 rings (SSSR count). The predicted molar refractivity (Wildman–Crippen MR) is 114 cm³/mol. The van der Waals surface area contributed by atoms with E-state index in [0.29, 0.717) is 12.4 Å². The number of hydrogen-bond acceptors (Lipinski definition) is 6. The van der Waals surface area contributed by atoms with E-state index in [-0.39, 0.29) is 47.1 Å². The van der Waals surface area contributed by atoms with Crippen molar-refractivity contribution >= 4 is 51.5 Å². The summed E-state index contributed by atoms with van der Waals surface area (Å²) in [5.74, 6) is 3.50. The lowest BCUT2D eigenvalue weighted by molar-refractivity contribution is -0.0120. The van der Waals surface area contributed by atoms with Gasteiger partial charge in [0.1, 0.15) is 0 Å². The molecule has 0 aromatic rings. The van der Waals surface area contributed by atoms with Gasteiger partial charge in [-0.05, 0) is 18.6 Å². The maximum atomic E-state index is 11.6. The van der Waals surface area contributed by atoms with Gasteiger partial charge in [-0.2, -0.15) is 11.8 Å². The molecule has 10 heteroatoms. The lowest BCUT2D eigenvalue weighted by Crippen LogP contribution is -2.60. The molecular weight excluding hydrogens is 475 g/mol. The molecule has 2 unspecified atom stereocenters. The van der Waals surface area contributed by atoms with E-state index in [0.717, 1.165) is 38.6 Å². The summed E-state index contributed by atoms with van der Waals surface area (Å²) in [4.78, 5) is 6.84. The summed E-state index contributed by atoms with van der Waals surface area (Å²) in [5.41, 5.74) is 0.147. The van der Waals surface area contributed by atoms with Crippen LogP contribution in [-0.4, -0.2) is 93.8 Å². The van der Waals surface area contributed by atoms with E-state index in [4.69, 9.17) is 4.74 Å². The fourth-order valence-electron chi connectivity index (χ4n) is 3.68. The predicted octanol–water partition coefficient (Wildman–Crippen LogP) is 0.164. The number of morpholine rings is 1. The molecule has 0 bridgehead atoms. The van der Waals surface area contributed by atoms with Gasteiger partial charge in [0.2, 0.25) is 0 Å². The molecule has 0 saturated carbocycles. The Morgan fingerprint density at radius 1 is 1.40 bits per heavy atom. The van der Waals surface area contributed by atoms with Crippen LogP contribution in [0.25, 0.3) is 0 Å². The highest BCUT2D eigenvalue weighted by molar-refractivity contribution is 14.0. The van der Waals surface area contributed by atoms with Crippen molar-refractivity contribution in [1.82, 2.24) is 15.5 Å². The van der Waals surface area contributed by atoms with E-state index in [9.17, 15) is 8.42 Å². The SMILES string of the molecule is CN=C(NCC1(N2CCOCC2)CCSC1)NC1CCS(=O)(=O)C1.I. The van der Waals surface area contributed by atoms with E-state index in [1.807, 2.05) is 11.8 Å². The van der Waals surface area contributed by atoms with Crippen molar-refractivity contribution in [3.8, 4) is 0 Å². The highest BCUT2D eigenvalue weighted by Crippen LogP contribution is 2.33. The molecule has 0 aromatic heterocycles. The average Bonchev–Trinajstić information content (AvgIpc) is 3.19. The van der Waals surface area contributed by atoms with Crippen molar-refractivity contribution in [2.45, 2.75) is 24.4 Å². The zero-order valence-electron chi connectivity index (χ0n) is 14.7. The number of ether oxygens (including phenoxy) is 1. The van der Waals surface area contributed by atoms with Crippen molar-refractivity contribution in [3.05, 3.63) is 0 Å². The number of halogens is 1. The van der Waals surface area contributed by atoms with Crippen LogP contribution in [-0.2, 0) is 14.6 Å². The summed E-state index contributed by atoms with van der Waals surface area (Å²) in [7, 11) is -1.14. The van der Waals surface area contributed by atoms with Crippen LogP contribution in [0.15, 0.2) is 4.99 Å². The fraction of sp³-hybridized carbons (Fsp3) is 0.933. The molecule has 3 fully saturated rings. The molecule has 0 spiro atoms. The van der Waals surface area contributed by atoms with Crippen LogP contribution in [0.4, 0.5) is 0 Å². The zero-order valence-corrected chi connectivity index (χ0v) is 18.7. The Labute approximate surface area is 172 Å². The van der Waals surface area contributed by atoms with Crippen LogP contribution in [0, 0.1) is 0 Å². The number of rotatable bonds is 4. The topological polar surface area (TPSA) is 83.0 Å². The summed E-state index contributed by atoms with van der Waals surface area (Å²) in [6, 6.07) is -0.0292. The molecule has 0 radical (unpaired) electrons. The lowest BCUT2D eigenvalue weighted by Gasteiger charge is -2.43. The van der Waals surface area contributed by atoms with Crippen molar-refractivity contribution in [1.29, 1.82) is 0 Å². The first-order valence-corrected chi connectivity index (χ1v) is 11.6. The summed E-state index contributed by atoms with van der Waals surface area (Å²) in [6.07, 6.45) is 1.83. The average molecular weight is 504 g/mol. The maximum Gasteiger partial charge on any atom is 0.191 e. The summed E-state index contributed by atoms with van der Waals surface area (Å²) < 4.78 is 28.7. The third-order valence-corrected chi connectivity index (χ3v) is 8.15. The molecular formula is C15H29IN4O3S2. The Hall–Kier alpha value is 0.220. The molecule has 2 N–H and O–H groups in total. The van der Waals surface area contributed by atoms with Gasteiger partial charge < -0.3 is 15.4 Å². The smallest absolute Gasteiger partial charge is 0.191 e.